The van der Waals surface area contributed by atoms with Crippen LogP contribution in [0, 0.1) is 0 Å². The van der Waals surface area contributed by atoms with E-state index in [4.69, 9.17) is 5.11 Å². The van der Waals surface area contributed by atoms with Gasteiger partial charge in [-0.25, -0.2) is 4.79 Å². The molecule has 2 aromatic heterocycles. The molecule has 6 heteroatoms. The van der Waals surface area contributed by atoms with Crippen LogP contribution in [0.3, 0.4) is 0 Å². The van der Waals surface area contributed by atoms with Gasteiger partial charge in [-0.05, 0) is 18.2 Å². The van der Waals surface area contributed by atoms with Crippen molar-refractivity contribution in [3.8, 4) is 11.4 Å². The molecule has 0 amide bonds. The fourth-order valence-electron chi connectivity index (χ4n) is 1.91. The lowest BCUT2D eigenvalue weighted by Crippen LogP contribution is -1.96. The Kier molecular flexibility index (Phi) is 2.45. The zero-order valence-electron chi connectivity index (χ0n) is 9.07. The summed E-state index contributed by atoms with van der Waals surface area (Å²) in [6.07, 6.45) is 1.30. The summed E-state index contributed by atoms with van der Waals surface area (Å²) >= 11 is 3.46. The van der Waals surface area contributed by atoms with E-state index in [0.717, 1.165) is 15.4 Å². The molecule has 0 saturated heterocycles. The summed E-state index contributed by atoms with van der Waals surface area (Å²) in [7, 11) is 0. The monoisotopic (exact) mass is 305 g/mol. The van der Waals surface area contributed by atoms with Crippen LogP contribution in [0.2, 0.25) is 0 Å². The van der Waals surface area contributed by atoms with Gasteiger partial charge in [0.25, 0.3) is 0 Å². The van der Waals surface area contributed by atoms with E-state index in [9.17, 15) is 4.79 Å². The Bertz CT molecular complexity index is 745. The van der Waals surface area contributed by atoms with E-state index in [1.807, 2.05) is 24.3 Å². The molecule has 0 aliphatic heterocycles. The van der Waals surface area contributed by atoms with Gasteiger partial charge in [0.2, 0.25) is 0 Å². The van der Waals surface area contributed by atoms with Crippen LogP contribution in [-0.2, 0) is 0 Å². The first-order valence-electron chi connectivity index (χ1n) is 5.21. The molecule has 0 aliphatic rings. The number of H-pyrrole nitrogens is 2. The standard InChI is InChI=1S/C12H8BrN3O2/c13-8-2-1-3-9-6(8)4-10(15-9)11-7(12(17)18)5-14-16-11/h1-5,15H,(H,14,16)(H,17,18). The minimum absolute atomic E-state index is 0.151. The Labute approximate surface area is 110 Å². The number of carboxylic acid groups (broad SMARTS) is 1. The van der Waals surface area contributed by atoms with Crippen molar-refractivity contribution in [1.29, 1.82) is 0 Å². The number of halogens is 1. The van der Waals surface area contributed by atoms with Gasteiger partial charge in [0, 0.05) is 15.4 Å². The molecule has 3 aromatic rings. The fraction of sp³-hybridized carbons (Fsp3) is 0. The van der Waals surface area contributed by atoms with E-state index < -0.39 is 5.97 Å². The highest BCUT2D eigenvalue weighted by Crippen LogP contribution is 2.29. The molecular formula is C12H8BrN3O2. The van der Waals surface area contributed by atoms with Crippen molar-refractivity contribution in [3.63, 3.8) is 0 Å². The molecule has 3 N–H and O–H groups in total. The molecule has 0 aliphatic carbocycles. The van der Waals surface area contributed by atoms with Crippen LogP contribution in [0.25, 0.3) is 22.3 Å². The fourth-order valence-corrected chi connectivity index (χ4v) is 2.39. The lowest BCUT2D eigenvalue weighted by atomic mass is 10.2. The van der Waals surface area contributed by atoms with E-state index in [0.29, 0.717) is 11.4 Å². The number of carboxylic acids is 1. The molecule has 0 bridgehead atoms. The van der Waals surface area contributed by atoms with Crippen LogP contribution < -0.4 is 0 Å². The molecule has 0 saturated carbocycles. The molecule has 18 heavy (non-hydrogen) atoms. The Balaban J connectivity index is 2.23. The molecule has 1 aromatic carbocycles. The first-order valence-corrected chi connectivity index (χ1v) is 6.00. The number of fused-ring (bicyclic) bond motifs is 1. The summed E-state index contributed by atoms with van der Waals surface area (Å²) in [4.78, 5) is 14.2. The van der Waals surface area contributed by atoms with Crippen LogP contribution >= 0.6 is 15.9 Å². The summed E-state index contributed by atoms with van der Waals surface area (Å²) in [5, 5.41) is 16.5. The van der Waals surface area contributed by atoms with E-state index in [1.165, 1.54) is 6.20 Å². The smallest absolute Gasteiger partial charge is 0.339 e. The van der Waals surface area contributed by atoms with E-state index >= 15 is 0 Å². The van der Waals surface area contributed by atoms with Gasteiger partial charge in [-0.2, -0.15) is 5.10 Å². The maximum Gasteiger partial charge on any atom is 0.339 e. The van der Waals surface area contributed by atoms with E-state index in [-0.39, 0.29) is 5.56 Å². The van der Waals surface area contributed by atoms with Crippen molar-refractivity contribution in [3.05, 3.63) is 40.5 Å². The number of aromatic amines is 2. The quantitative estimate of drug-likeness (QED) is 0.680. The third-order valence-corrected chi connectivity index (χ3v) is 3.44. The number of nitrogens with zero attached hydrogens (tertiary/aromatic N) is 1. The van der Waals surface area contributed by atoms with E-state index in [1.54, 1.807) is 0 Å². The number of benzene rings is 1. The molecule has 3 rings (SSSR count). The Morgan fingerprint density at radius 1 is 1.39 bits per heavy atom. The molecule has 0 radical (unpaired) electrons. The van der Waals surface area contributed by atoms with Gasteiger partial charge in [0.1, 0.15) is 5.56 Å². The first-order chi connectivity index (χ1) is 8.66. The minimum Gasteiger partial charge on any atom is -0.478 e. The van der Waals surface area contributed by atoms with Crippen molar-refractivity contribution in [2.75, 3.05) is 0 Å². The van der Waals surface area contributed by atoms with Gasteiger partial charge >= 0.3 is 5.97 Å². The summed E-state index contributed by atoms with van der Waals surface area (Å²) in [6.45, 7) is 0. The molecule has 90 valence electrons. The number of aromatic carboxylic acids is 1. The Morgan fingerprint density at radius 3 is 2.94 bits per heavy atom. The number of carbonyl (C=O) groups is 1. The van der Waals surface area contributed by atoms with Crippen molar-refractivity contribution < 1.29 is 9.90 Å². The van der Waals surface area contributed by atoms with Gasteiger partial charge in [-0.3, -0.25) is 5.10 Å². The Morgan fingerprint density at radius 2 is 2.22 bits per heavy atom. The average Bonchev–Trinajstić information content (AvgIpc) is 2.95. The highest BCUT2D eigenvalue weighted by Gasteiger charge is 2.16. The molecule has 0 atom stereocenters. The number of aromatic nitrogens is 3. The van der Waals surface area contributed by atoms with Crippen molar-refractivity contribution in [1.82, 2.24) is 15.2 Å². The number of hydrogen-bond donors (Lipinski definition) is 3. The number of nitrogens with one attached hydrogen (secondary N) is 2. The second-order valence-corrected chi connectivity index (χ2v) is 4.70. The molecule has 2 heterocycles. The molecule has 0 fully saturated rings. The predicted octanol–water partition coefficient (Wildman–Crippen LogP) is 3.02. The number of hydrogen-bond acceptors (Lipinski definition) is 2. The van der Waals surface area contributed by atoms with Crippen molar-refractivity contribution >= 4 is 32.8 Å². The second kappa shape index (κ2) is 3.99. The van der Waals surface area contributed by atoms with Gasteiger partial charge in [0.15, 0.2) is 0 Å². The lowest BCUT2D eigenvalue weighted by Gasteiger charge is -1.94. The maximum atomic E-state index is 11.1. The van der Waals surface area contributed by atoms with Crippen LogP contribution in [0.5, 0.6) is 0 Å². The zero-order chi connectivity index (χ0) is 12.7. The second-order valence-electron chi connectivity index (χ2n) is 3.85. The van der Waals surface area contributed by atoms with Crippen LogP contribution in [0.1, 0.15) is 10.4 Å². The van der Waals surface area contributed by atoms with Gasteiger partial charge < -0.3 is 10.1 Å². The van der Waals surface area contributed by atoms with E-state index in [2.05, 4.69) is 31.1 Å². The third-order valence-electron chi connectivity index (χ3n) is 2.75. The normalized spacial score (nSPS) is 10.9. The summed E-state index contributed by atoms with van der Waals surface area (Å²) < 4.78 is 0.957. The molecular weight excluding hydrogens is 298 g/mol. The minimum atomic E-state index is -1.00. The van der Waals surface area contributed by atoms with Crippen LogP contribution in [0.15, 0.2) is 34.9 Å². The summed E-state index contributed by atoms with van der Waals surface area (Å²) in [5.41, 5.74) is 2.26. The predicted molar refractivity (Wildman–Crippen MR) is 70.5 cm³/mol. The largest absolute Gasteiger partial charge is 0.478 e. The summed E-state index contributed by atoms with van der Waals surface area (Å²) in [5.74, 6) is -1.00. The third kappa shape index (κ3) is 1.62. The van der Waals surface area contributed by atoms with Crippen LogP contribution in [-0.4, -0.2) is 26.3 Å². The SMILES string of the molecule is O=C(O)c1cn[nH]c1-c1cc2c(Br)cccc2[nH]1. The first kappa shape index (κ1) is 11.0. The zero-order valence-corrected chi connectivity index (χ0v) is 10.7. The summed E-state index contributed by atoms with van der Waals surface area (Å²) in [6, 6.07) is 7.67. The van der Waals surface area contributed by atoms with Gasteiger partial charge in [0.05, 0.1) is 17.6 Å². The highest BCUT2D eigenvalue weighted by molar-refractivity contribution is 9.10. The number of rotatable bonds is 2. The Hall–Kier alpha value is -2.08. The van der Waals surface area contributed by atoms with Gasteiger partial charge in [-0.15, -0.1) is 0 Å². The van der Waals surface area contributed by atoms with Crippen molar-refractivity contribution in [2.45, 2.75) is 0 Å². The molecule has 0 unspecified atom stereocenters. The lowest BCUT2D eigenvalue weighted by molar-refractivity contribution is 0.0698. The molecule has 0 spiro atoms. The van der Waals surface area contributed by atoms with Crippen LogP contribution in [0.4, 0.5) is 0 Å². The average molecular weight is 306 g/mol. The topological polar surface area (TPSA) is 81.8 Å². The molecule has 5 nitrogen and oxygen atoms in total. The van der Waals surface area contributed by atoms with Crippen molar-refractivity contribution in [2.24, 2.45) is 0 Å². The maximum absolute atomic E-state index is 11.1. The highest BCUT2D eigenvalue weighted by atomic mass is 79.9. The van der Waals surface area contributed by atoms with Gasteiger partial charge in [-0.1, -0.05) is 22.0 Å².